The van der Waals surface area contributed by atoms with E-state index in [1.807, 2.05) is 24.8 Å². The van der Waals surface area contributed by atoms with Crippen molar-refractivity contribution in [3.05, 3.63) is 401 Å². The van der Waals surface area contributed by atoms with Crippen molar-refractivity contribution in [3.63, 3.8) is 0 Å². The van der Waals surface area contributed by atoms with Gasteiger partial charge in [0.2, 0.25) is 0 Å². The standard InChI is InChI=1S/C62H36N6.C54H30N4/c1-5-15-49-43(11-1)44-12-2-6-16-50(44)65(49)39-23-27-41(28-24-39)67-53-19-9-33-63-61(53)59-47-31-22-38-36-56-60(48-32-21-37(35-55(59)67)57(47)58(38)48)62-54(20-10-34-64-62)68(56)42-29-25-40(26-30-42)66-51-17-7-3-13-45(51)46-14-4-8-18-52(46)66;1-3-13-35-31(11-1)27-45(39-17-7-5-15-37(35)39)57-43-19-9-25-55-53(43)51-41-23-22-34-30-48-52(42-24-21-33(29-47(51)57)49(41)50(34)42)54-44(20-10-26-56-54)58(48)46-28-32-12-2-4-14-36(32)38-16-6-8-18-40(38)46/h1-36H;1-30H. The lowest BCUT2D eigenvalue weighted by Gasteiger charge is -2.17. The first-order valence-corrected chi connectivity index (χ1v) is 43.1. The largest absolute Gasteiger partial charge is 0.309 e. The second-order valence-electron chi connectivity index (χ2n) is 33.9. The van der Waals surface area contributed by atoms with Crippen LogP contribution in [0.2, 0.25) is 0 Å². The molecule has 0 saturated heterocycles. The first-order chi connectivity index (χ1) is 62.6. The van der Waals surface area contributed by atoms with Gasteiger partial charge in [0.05, 0.1) is 99.6 Å². The molecule has 0 amide bonds. The van der Waals surface area contributed by atoms with Gasteiger partial charge in [-0.2, -0.15) is 0 Å². The number of hydrogen-bond acceptors (Lipinski definition) is 4. The second-order valence-corrected chi connectivity index (χ2v) is 33.9. The number of nitrogens with zero attached hydrogens (tertiary/aromatic N) is 10. The first kappa shape index (κ1) is 67.7. The highest BCUT2D eigenvalue weighted by Crippen LogP contribution is 2.51. The molecule has 30 rings (SSSR count). The molecule has 30 aromatic rings. The molecule has 0 aliphatic heterocycles. The van der Waals surface area contributed by atoms with Crippen LogP contribution in [0.1, 0.15) is 0 Å². The summed E-state index contributed by atoms with van der Waals surface area (Å²) in [6.07, 6.45) is 7.72. The van der Waals surface area contributed by atoms with Crippen molar-refractivity contribution in [2.45, 2.75) is 0 Å². The molecule has 0 N–H and O–H groups in total. The van der Waals surface area contributed by atoms with Gasteiger partial charge in [-0.25, -0.2) is 0 Å². The fraction of sp³-hybridized carbons (Fsp3) is 0. The minimum atomic E-state index is 1.000. The highest BCUT2D eigenvalue weighted by Gasteiger charge is 2.29. The van der Waals surface area contributed by atoms with E-state index >= 15 is 0 Å². The van der Waals surface area contributed by atoms with E-state index in [4.69, 9.17) is 19.9 Å². The van der Waals surface area contributed by atoms with Crippen LogP contribution in [-0.2, 0) is 0 Å². The van der Waals surface area contributed by atoms with Crippen LogP contribution in [0.5, 0.6) is 0 Å². The van der Waals surface area contributed by atoms with E-state index in [0.717, 1.165) is 111 Å². The lowest BCUT2D eigenvalue weighted by atomic mass is 9.90. The van der Waals surface area contributed by atoms with Crippen molar-refractivity contribution in [2.24, 2.45) is 0 Å². The highest BCUT2D eigenvalue weighted by atomic mass is 15.0. The van der Waals surface area contributed by atoms with Crippen molar-refractivity contribution in [2.75, 3.05) is 0 Å². The zero-order chi connectivity index (χ0) is 81.8. The summed E-state index contributed by atoms with van der Waals surface area (Å²) >= 11 is 0. The van der Waals surface area contributed by atoms with Gasteiger partial charge < -0.3 is 27.4 Å². The van der Waals surface area contributed by atoms with Crippen molar-refractivity contribution in [3.8, 4) is 34.1 Å². The van der Waals surface area contributed by atoms with Crippen LogP contribution in [0.4, 0.5) is 0 Å². The third-order valence-corrected chi connectivity index (χ3v) is 27.6. The summed E-state index contributed by atoms with van der Waals surface area (Å²) in [7, 11) is 0. The Labute approximate surface area is 716 Å². The van der Waals surface area contributed by atoms with E-state index in [1.54, 1.807) is 0 Å². The fourth-order valence-corrected chi connectivity index (χ4v) is 22.6. The lowest BCUT2D eigenvalue weighted by Crippen LogP contribution is -1.98. The minimum Gasteiger partial charge on any atom is -0.309 e. The van der Waals surface area contributed by atoms with Crippen LogP contribution < -0.4 is 0 Å². The molecule has 0 bridgehead atoms. The molecule has 0 unspecified atom stereocenters. The van der Waals surface area contributed by atoms with E-state index in [1.165, 1.54) is 162 Å². The summed E-state index contributed by atoms with van der Waals surface area (Å²) in [6, 6.07) is 138. The number of para-hydroxylation sites is 4. The number of aromatic nitrogens is 10. The molecule has 0 fully saturated rings. The third-order valence-electron chi connectivity index (χ3n) is 27.6. The van der Waals surface area contributed by atoms with Crippen LogP contribution in [0.25, 0.3) is 273 Å². The second kappa shape index (κ2) is 25.3. The van der Waals surface area contributed by atoms with Gasteiger partial charge in [0.1, 0.15) is 0 Å². The maximum Gasteiger partial charge on any atom is 0.0969 e. The molecule has 0 radical (unpaired) electrons. The summed E-state index contributed by atoms with van der Waals surface area (Å²) < 4.78 is 14.4. The highest BCUT2D eigenvalue weighted by molar-refractivity contribution is 6.40. The Morgan fingerprint density at radius 1 is 0.135 bits per heavy atom. The molecule has 10 nitrogen and oxygen atoms in total. The van der Waals surface area contributed by atoms with Crippen LogP contribution in [0.15, 0.2) is 401 Å². The summed E-state index contributed by atoms with van der Waals surface area (Å²) in [5, 5.41) is 34.4. The van der Waals surface area contributed by atoms with Gasteiger partial charge in [-0.05, 0) is 255 Å². The van der Waals surface area contributed by atoms with Crippen molar-refractivity contribution < 1.29 is 0 Å². The third kappa shape index (κ3) is 9.11. The van der Waals surface area contributed by atoms with Crippen molar-refractivity contribution in [1.82, 2.24) is 47.3 Å². The number of rotatable bonds is 6. The average Bonchev–Trinajstić information content (AvgIpc) is 1.41. The van der Waals surface area contributed by atoms with Crippen LogP contribution >= 0.6 is 0 Å². The SMILES string of the molecule is c1ccc2c(c1)c1ccccc1n2-c1ccc(-n2c3cccnc3c3c4ccc5cc6c(c7ccc(cc32)c4c57)c2ncccc2n6-c2ccc(-n3c4ccccc4c4ccccc43)cc2)cc1.c1ccc2c(c1)cc(-n1c3cccnc3c3c4ccc5cc6c(c7ccc(cc31)c4c57)c1ncccc1n6-c1cc3ccccc3c3ccccc13)c1ccccc12. The summed E-state index contributed by atoms with van der Waals surface area (Å²) in [5.41, 5.74) is 24.6. The van der Waals surface area contributed by atoms with Gasteiger partial charge in [0.15, 0.2) is 0 Å². The van der Waals surface area contributed by atoms with E-state index in [0.29, 0.717) is 0 Å². The molecule has 0 atom stereocenters. The van der Waals surface area contributed by atoms with E-state index in [2.05, 4.69) is 404 Å². The average molecular weight is 1600 g/mol. The van der Waals surface area contributed by atoms with E-state index in [-0.39, 0.29) is 0 Å². The molecule has 0 aliphatic rings. The zero-order valence-electron chi connectivity index (χ0n) is 67.6. The molecule has 0 spiro atoms. The molecular formula is C116H66N10. The maximum absolute atomic E-state index is 5.12. The van der Waals surface area contributed by atoms with Crippen LogP contribution in [-0.4, -0.2) is 47.3 Å². The Morgan fingerprint density at radius 2 is 0.365 bits per heavy atom. The van der Waals surface area contributed by atoms with Crippen LogP contribution in [0, 0.1) is 0 Å². The molecular weight excluding hydrogens is 1530 g/mol. The predicted octanol–water partition coefficient (Wildman–Crippen LogP) is 29.9. The quantitative estimate of drug-likeness (QED) is 0.155. The summed E-state index contributed by atoms with van der Waals surface area (Å²) in [5.74, 6) is 0. The Balaban J connectivity index is 0.000000127. The molecule has 0 aliphatic carbocycles. The van der Waals surface area contributed by atoms with Gasteiger partial charge in [-0.1, -0.05) is 218 Å². The number of benzene rings is 20. The Hall–Kier alpha value is -17.1. The smallest absolute Gasteiger partial charge is 0.0969 e. The minimum absolute atomic E-state index is 1.000. The monoisotopic (exact) mass is 1600 g/mol. The van der Waals surface area contributed by atoms with Gasteiger partial charge in [0.25, 0.3) is 0 Å². The molecule has 10 heteroatoms. The van der Waals surface area contributed by atoms with Gasteiger partial charge in [-0.3, -0.25) is 19.9 Å². The Morgan fingerprint density at radius 3 is 0.667 bits per heavy atom. The molecule has 20 aromatic carbocycles. The van der Waals surface area contributed by atoms with Crippen LogP contribution in [0.3, 0.4) is 0 Å². The van der Waals surface area contributed by atoms with Crippen molar-refractivity contribution >= 4 is 239 Å². The van der Waals surface area contributed by atoms with Gasteiger partial charge in [-0.15, -0.1) is 0 Å². The maximum atomic E-state index is 5.12. The van der Waals surface area contributed by atoms with Gasteiger partial charge >= 0.3 is 0 Å². The summed E-state index contributed by atoms with van der Waals surface area (Å²) in [6.45, 7) is 0. The Kier molecular flexibility index (Phi) is 13.6. The molecule has 10 aromatic heterocycles. The number of pyridine rings is 4. The topological polar surface area (TPSA) is 81.1 Å². The van der Waals surface area contributed by atoms with Crippen molar-refractivity contribution in [1.29, 1.82) is 0 Å². The Bertz CT molecular complexity index is 9330. The summed E-state index contributed by atoms with van der Waals surface area (Å²) in [4.78, 5) is 20.4. The predicted molar refractivity (Wildman–Crippen MR) is 528 cm³/mol. The van der Waals surface area contributed by atoms with E-state index in [9.17, 15) is 0 Å². The number of hydrogen-bond donors (Lipinski definition) is 0. The van der Waals surface area contributed by atoms with E-state index < -0.39 is 0 Å². The van der Waals surface area contributed by atoms with Gasteiger partial charge in [0, 0.05) is 101 Å². The number of fused-ring (bicyclic) bond motifs is 28. The normalized spacial score (nSPS) is 12.4. The lowest BCUT2D eigenvalue weighted by molar-refractivity contribution is 1.14. The zero-order valence-corrected chi connectivity index (χ0v) is 67.6. The molecule has 580 valence electrons. The molecule has 0 saturated carbocycles. The molecule has 10 heterocycles. The first-order valence-electron chi connectivity index (χ1n) is 43.1. The fourth-order valence-electron chi connectivity index (χ4n) is 22.6. The molecule has 126 heavy (non-hydrogen) atoms.